The zero-order valence-corrected chi connectivity index (χ0v) is 23.0. The first-order valence-corrected chi connectivity index (χ1v) is 13.3. The zero-order chi connectivity index (χ0) is 28.4. The van der Waals surface area contributed by atoms with Crippen LogP contribution in [0.25, 0.3) is 33.8 Å². The maximum Gasteiger partial charge on any atom is 0.410 e. The highest BCUT2D eigenvalue weighted by atomic mass is 16.6. The van der Waals surface area contributed by atoms with Crippen molar-refractivity contribution >= 4 is 23.2 Å². The van der Waals surface area contributed by atoms with Crippen LogP contribution < -0.4 is 0 Å². The maximum atomic E-state index is 13.1. The summed E-state index contributed by atoms with van der Waals surface area (Å²) in [4.78, 5) is 32.0. The van der Waals surface area contributed by atoms with E-state index in [0.29, 0.717) is 48.7 Å². The van der Waals surface area contributed by atoms with E-state index in [1.54, 1.807) is 16.5 Å². The van der Waals surface area contributed by atoms with Crippen LogP contribution >= 0.6 is 0 Å². The molecule has 1 saturated heterocycles. The van der Waals surface area contributed by atoms with Crippen LogP contribution in [0.1, 0.15) is 62.6 Å². The molecule has 0 aliphatic carbocycles. The number of benzene rings is 2. The lowest BCUT2D eigenvalue weighted by Gasteiger charge is -2.34. The number of carbonyl (C=O) groups is 2. The minimum atomic E-state index is -0.629. The number of fused-ring (bicyclic) bond motifs is 1. The van der Waals surface area contributed by atoms with Crippen LogP contribution in [0.5, 0.6) is 0 Å². The summed E-state index contributed by atoms with van der Waals surface area (Å²) in [6.07, 6.45) is 0.953. The van der Waals surface area contributed by atoms with Crippen molar-refractivity contribution in [1.29, 1.82) is 5.26 Å². The summed E-state index contributed by atoms with van der Waals surface area (Å²) in [5.41, 5.74) is 2.82. The summed E-state index contributed by atoms with van der Waals surface area (Å²) >= 11 is 0. The minimum absolute atomic E-state index is 0.0819. The molecular formula is C30H31N5O5. The third-order valence-corrected chi connectivity index (χ3v) is 6.58. The second kappa shape index (κ2) is 10.8. The molecule has 1 atom stereocenters. The molecule has 0 radical (unpaired) electrons. The molecule has 0 unspecified atom stereocenters. The number of piperidine rings is 1. The van der Waals surface area contributed by atoms with Crippen molar-refractivity contribution in [3.8, 4) is 28.8 Å². The molecule has 206 valence electrons. The van der Waals surface area contributed by atoms with Crippen LogP contribution in [0, 0.1) is 11.3 Å². The number of para-hydroxylation sites is 2. The molecule has 3 heterocycles. The lowest BCUT2D eigenvalue weighted by Crippen LogP contribution is -2.44. The van der Waals surface area contributed by atoms with Gasteiger partial charge in [-0.3, -0.25) is 4.68 Å². The van der Waals surface area contributed by atoms with Crippen LogP contribution in [-0.4, -0.2) is 57.0 Å². The van der Waals surface area contributed by atoms with Crippen molar-refractivity contribution in [3.63, 3.8) is 0 Å². The highest BCUT2D eigenvalue weighted by Crippen LogP contribution is 2.33. The van der Waals surface area contributed by atoms with Gasteiger partial charge in [0.05, 0.1) is 12.6 Å². The monoisotopic (exact) mass is 541 g/mol. The number of rotatable bonds is 5. The predicted octanol–water partition coefficient (Wildman–Crippen LogP) is 5.98. The Balaban J connectivity index is 1.50. The Kier molecular flexibility index (Phi) is 7.30. The number of carbonyl (C=O) groups excluding carboxylic acids is 2. The minimum Gasteiger partial charge on any atom is -0.461 e. The topological polar surface area (TPSA) is 123 Å². The van der Waals surface area contributed by atoms with Gasteiger partial charge in [0, 0.05) is 24.2 Å². The molecule has 10 nitrogen and oxygen atoms in total. The normalized spacial score (nSPS) is 15.6. The van der Waals surface area contributed by atoms with E-state index in [4.69, 9.17) is 19.0 Å². The molecule has 2 aromatic heterocycles. The Morgan fingerprint density at radius 2 is 1.85 bits per heavy atom. The Hall–Kier alpha value is -4.65. The van der Waals surface area contributed by atoms with Gasteiger partial charge in [0.1, 0.15) is 28.4 Å². The largest absolute Gasteiger partial charge is 0.461 e. The summed E-state index contributed by atoms with van der Waals surface area (Å²) < 4.78 is 18.3. The van der Waals surface area contributed by atoms with Gasteiger partial charge in [-0.1, -0.05) is 24.3 Å². The van der Waals surface area contributed by atoms with Gasteiger partial charge >= 0.3 is 12.1 Å². The highest BCUT2D eigenvalue weighted by molar-refractivity contribution is 5.93. The number of oxazole rings is 1. The van der Waals surface area contributed by atoms with E-state index in [1.165, 1.54) is 0 Å². The molecule has 0 spiro atoms. The Bertz CT molecular complexity index is 1560. The number of likely N-dealkylation sites (tertiary alicyclic amines) is 1. The van der Waals surface area contributed by atoms with Gasteiger partial charge in [-0.15, -0.1) is 0 Å². The molecule has 4 aromatic rings. The van der Waals surface area contributed by atoms with Crippen molar-refractivity contribution in [1.82, 2.24) is 19.7 Å². The number of ether oxygens (including phenoxy) is 2. The van der Waals surface area contributed by atoms with Gasteiger partial charge in [-0.25, -0.2) is 14.6 Å². The molecule has 2 aromatic carbocycles. The fourth-order valence-electron chi connectivity index (χ4n) is 4.81. The van der Waals surface area contributed by atoms with E-state index in [1.807, 2.05) is 69.3 Å². The number of aromatic nitrogens is 3. The van der Waals surface area contributed by atoms with Crippen molar-refractivity contribution in [2.75, 3.05) is 19.7 Å². The van der Waals surface area contributed by atoms with Crippen LogP contribution in [0.3, 0.4) is 0 Å². The maximum absolute atomic E-state index is 13.1. The summed E-state index contributed by atoms with van der Waals surface area (Å²) in [6, 6.07) is 16.7. The van der Waals surface area contributed by atoms with Gasteiger partial charge in [0.25, 0.3) is 0 Å². The first kappa shape index (κ1) is 26.9. The number of nitrogens with zero attached hydrogens (tertiary/aromatic N) is 5. The van der Waals surface area contributed by atoms with E-state index >= 15 is 0 Å². The quantitative estimate of drug-likeness (QED) is 0.283. The first-order valence-electron chi connectivity index (χ1n) is 13.3. The van der Waals surface area contributed by atoms with Crippen molar-refractivity contribution in [3.05, 3.63) is 59.8 Å². The Labute approximate surface area is 232 Å². The zero-order valence-electron chi connectivity index (χ0n) is 23.0. The molecule has 1 aliphatic rings. The predicted molar refractivity (Wildman–Crippen MR) is 147 cm³/mol. The molecule has 1 amide bonds. The molecule has 0 bridgehead atoms. The summed E-state index contributed by atoms with van der Waals surface area (Å²) in [7, 11) is 0. The summed E-state index contributed by atoms with van der Waals surface area (Å²) in [5, 5.41) is 14.9. The molecule has 10 heteroatoms. The number of esters is 1. The molecule has 0 N–H and O–H groups in total. The molecule has 40 heavy (non-hydrogen) atoms. The van der Waals surface area contributed by atoms with Gasteiger partial charge in [0.15, 0.2) is 11.3 Å². The smallest absolute Gasteiger partial charge is 0.410 e. The molecule has 1 fully saturated rings. The van der Waals surface area contributed by atoms with Gasteiger partial charge in [-0.05, 0) is 64.8 Å². The van der Waals surface area contributed by atoms with Crippen molar-refractivity contribution in [2.24, 2.45) is 0 Å². The van der Waals surface area contributed by atoms with Crippen LogP contribution in [0.4, 0.5) is 4.79 Å². The third-order valence-electron chi connectivity index (χ3n) is 6.58. The highest BCUT2D eigenvalue weighted by Gasteiger charge is 2.34. The average molecular weight is 542 g/mol. The van der Waals surface area contributed by atoms with Crippen molar-refractivity contribution < 1.29 is 23.5 Å². The second-order valence-electron chi connectivity index (χ2n) is 10.6. The average Bonchev–Trinajstić information content (AvgIpc) is 3.54. The third kappa shape index (κ3) is 5.41. The lowest BCUT2D eigenvalue weighted by atomic mass is 10.0. The fraction of sp³-hybridized carbons (Fsp3) is 0.367. The second-order valence-corrected chi connectivity index (χ2v) is 10.6. The standard InChI is InChI=1S/C30H31N5O5/c1-5-38-28(36)26-22(17-31)25(33-35(26)21-9-8-16-34(18-21)29(37)40-30(2,3)4)19-12-14-20(15-13-19)27-32-23-10-6-7-11-24(23)39-27/h6-7,10-15,21H,5,8-9,16,18H2,1-4H3/t21-/m1/s1. The van der Waals surface area contributed by atoms with Crippen molar-refractivity contribution in [2.45, 2.75) is 52.2 Å². The molecule has 1 aliphatic heterocycles. The van der Waals surface area contributed by atoms with Crippen LogP contribution in [0.2, 0.25) is 0 Å². The van der Waals surface area contributed by atoms with Gasteiger partial charge < -0.3 is 18.8 Å². The molecular weight excluding hydrogens is 510 g/mol. The number of amides is 1. The number of nitriles is 1. The molecule has 5 rings (SSSR count). The van der Waals surface area contributed by atoms with E-state index in [-0.39, 0.29) is 23.9 Å². The van der Waals surface area contributed by atoms with Gasteiger partial charge in [-0.2, -0.15) is 10.4 Å². The SMILES string of the molecule is CCOC(=O)c1c(C#N)c(-c2ccc(-c3nc4ccccc4o3)cc2)nn1[C@@H]1CCCN(C(=O)OC(C)(C)C)C1. The summed E-state index contributed by atoms with van der Waals surface area (Å²) in [6.45, 7) is 8.15. The van der Waals surface area contributed by atoms with E-state index in [9.17, 15) is 14.9 Å². The molecule has 0 saturated carbocycles. The Morgan fingerprint density at radius 3 is 2.52 bits per heavy atom. The van der Waals surface area contributed by atoms with Gasteiger partial charge in [0.2, 0.25) is 5.89 Å². The van der Waals surface area contributed by atoms with E-state index < -0.39 is 17.7 Å². The van der Waals surface area contributed by atoms with E-state index in [2.05, 4.69) is 11.1 Å². The first-order chi connectivity index (χ1) is 19.2. The van der Waals surface area contributed by atoms with Crippen LogP contribution in [0.15, 0.2) is 52.9 Å². The lowest BCUT2D eigenvalue weighted by molar-refractivity contribution is 0.0165. The number of hydrogen-bond donors (Lipinski definition) is 0. The summed E-state index contributed by atoms with van der Waals surface area (Å²) in [5.74, 6) is -0.147. The Morgan fingerprint density at radius 1 is 1.12 bits per heavy atom. The van der Waals surface area contributed by atoms with Crippen LogP contribution in [-0.2, 0) is 9.47 Å². The van der Waals surface area contributed by atoms with E-state index in [0.717, 1.165) is 11.1 Å². The fourth-order valence-corrected chi connectivity index (χ4v) is 4.81. The number of hydrogen-bond acceptors (Lipinski definition) is 8.